The van der Waals surface area contributed by atoms with Gasteiger partial charge in [-0.2, -0.15) is 4.98 Å². The Bertz CT molecular complexity index is 1420. The monoisotopic (exact) mass is 488 g/mol. The van der Waals surface area contributed by atoms with Crippen molar-refractivity contribution in [1.82, 2.24) is 14.7 Å². The van der Waals surface area contributed by atoms with Crippen molar-refractivity contribution in [3.63, 3.8) is 0 Å². The minimum absolute atomic E-state index is 0.00652. The summed E-state index contributed by atoms with van der Waals surface area (Å²) >= 11 is 0. The van der Waals surface area contributed by atoms with Crippen molar-refractivity contribution in [2.75, 3.05) is 16.9 Å². The Morgan fingerprint density at radius 3 is 2.52 bits per heavy atom. The standard InChI is InChI=1S/C21H24N6O4S2/c1-13-12-23-21(26-20(13)24-15-4-3-5-17(10-15)33(22,30)31)25-16-8-6-14-7-9-19(18(14)11-16)27-32(2,28)29/h3-6,8,10-12,19,27H,7,9H2,1-2H3,(H2,22,30,31)(H2,23,24,25,26)/t19-/m0/s1. The van der Waals surface area contributed by atoms with Crippen LogP contribution < -0.4 is 20.5 Å². The molecule has 0 fully saturated rings. The van der Waals surface area contributed by atoms with E-state index in [4.69, 9.17) is 5.14 Å². The van der Waals surface area contributed by atoms with Gasteiger partial charge in [0, 0.05) is 29.2 Å². The number of rotatable bonds is 7. The second kappa shape index (κ2) is 8.71. The highest BCUT2D eigenvalue weighted by Gasteiger charge is 2.25. The molecule has 0 bridgehead atoms. The normalized spacial score (nSPS) is 15.8. The zero-order chi connectivity index (χ0) is 23.8. The molecule has 0 radical (unpaired) electrons. The summed E-state index contributed by atoms with van der Waals surface area (Å²) < 4.78 is 49.3. The minimum Gasteiger partial charge on any atom is -0.340 e. The van der Waals surface area contributed by atoms with Crippen molar-refractivity contribution >= 4 is 43.2 Å². The highest BCUT2D eigenvalue weighted by molar-refractivity contribution is 7.89. The molecule has 10 nitrogen and oxygen atoms in total. The van der Waals surface area contributed by atoms with Gasteiger partial charge in [0.1, 0.15) is 5.82 Å². The Labute approximate surface area is 192 Å². The zero-order valence-corrected chi connectivity index (χ0v) is 19.7. The fourth-order valence-corrected chi connectivity index (χ4v) is 5.03. The lowest BCUT2D eigenvalue weighted by atomic mass is 10.1. The van der Waals surface area contributed by atoms with Crippen LogP contribution in [0.25, 0.3) is 0 Å². The van der Waals surface area contributed by atoms with E-state index in [0.29, 0.717) is 23.9 Å². The predicted molar refractivity (Wildman–Crippen MR) is 127 cm³/mol. The largest absolute Gasteiger partial charge is 0.340 e. The molecule has 0 saturated carbocycles. The predicted octanol–water partition coefficient (Wildman–Crippen LogP) is 2.46. The summed E-state index contributed by atoms with van der Waals surface area (Å²) in [5, 5.41) is 11.5. The topological polar surface area (TPSA) is 156 Å². The molecule has 12 heteroatoms. The quantitative estimate of drug-likeness (QED) is 0.395. The van der Waals surface area contributed by atoms with Gasteiger partial charge >= 0.3 is 0 Å². The van der Waals surface area contributed by atoms with Crippen molar-refractivity contribution in [3.8, 4) is 0 Å². The van der Waals surface area contributed by atoms with Crippen LogP contribution >= 0.6 is 0 Å². The van der Waals surface area contributed by atoms with E-state index < -0.39 is 20.0 Å². The number of sulfonamides is 2. The number of aryl methyl sites for hydroxylation is 2. The number of fused-ring (bicyclic) bond motifs is 1. The number of aromatic nitrogens is 2. The summed E-state index contributed by atoms with van der Waals surface area (Å²) in [7, 11) is -7.15. The summed E-state index contributed by atoms with van der Waals surface area (Å²) in [6.45, 7) is 1.83. The third-order valence-corrected chi connectivity index (χ3v) is 6.86. The molecule has 174 valence electrons. The van der Waals surface area contributed by atoms with Crippen molar-refractivity contribution in [1.29, 1.82) is 0 Å². The fraction of sp³-hybridized carbons (Fsp3) is 0.238. The summed E-state index contributed by atoms with van der Waals surface area (Å²) in [4.78, 5) is 8.81. The van der Waals surface area contributed by atoms with Gasteiger partial charge in [0.15, 0.2) is 0 Å². The molecule has 0 aliphatic heterocycles. The van der Waals surface area contributed by atoms with Crippen LogP contribution in [0.2, 0.25) is 0 Å². The Morgan fingerprint density at radius 1 is 1.03 bits per heavy atom. The number of benzene rings is 2. The molecule has 1 aromatic heterocycles. The van der Waals surface area contributed by atoms with E-state index in [1.807, 2.05) is 25.1 Å². The van der Waals surface area contributed by atoms with Crippen LogP contribution in [-0.4, -0.2) is 33.1 Å². The highest BCUT2D eigenvalue weighted by Crippen LogP contribution is 2.34. The molecule has 33 heavy (non-hydrogen) atoms. The van der Waals surface area contributed by atoms with E-state index in [1.54, 1.807) is 18.3 Å². The fourth-order valence-electron chi connectivity index (χ4n) is 3.71. The Morgan fingerprint density at radius 2 is 1.79 bits per heavy atom. The summed E-state index contributed by atoms with van der Waals surface area (Å²) in [5.74, 6) is 0.827. The van der Waals surface area contributed by atoms with Gasteiger partial charge in [0.2, 0.25) is 26.0 Å². The molecule has 3 aromatic rings. The molecular formula is C21H24N6O4S2. The van der Waals surface area contributed by atoms with Gasteiger partial charge in [-0.3, -0.25) is 0 Å². The number of nitrogens with one attached hydrogen (secondary N) is 3. The van der Waals surface area contributed by atoms with E-state index in [9.17, 15) is 16.8 Å². The zero-order valence-electron chi connectivity index (χ0n) is 18.0. The molecule has 1 heterocycles. The van der Waals surface area contributed by atoms with Gasteiger partial charge < -0.3 is 10.6 Å². The second-order valence-electron chi connectivity index (χ2n) is 7.94. The van der Waals surface area contributed by atoms with Gasteiger partial charge in [-0.1, -0.05) is 12.1 Å². The van der Waals surface area contributed by atoms with Crippen LogP contribution in [0.1, 0.15) is 29.2 Å². The van der Waals surface area contributed by atoms with Crippen molar-refractivity contribution in [2.45, 2.75) is 30.7 Å². The maximum Gasteiger partial charge on any atom is 0.238 e. The van der Waals surface area contributed by atoms with E-state index in [1.165, 1.54) is 12.1 Å². The van der Waals surface area contributed by atoms with Crippen molar-refractivity contribution < 1.29 is 16.8 Å². The smallest absolute Gasteiger partial charge is 0.238 e. The summed E-state index contributed by atoms with van der Waals surface area (Å²) in [6, 6.07) is 11.6. The third kappa shape index (κ3) is 5.66. The molecule has 5 N–H and O–H groups in total. The summed E-state index contributed by atoms with van der Waals surface area (Å²) in [6.07, 6.45) is 4.30. The second-order valence-corrected chi connectivity index (χ2v) is 11.3. The molecule has 0 spiro atoms. The number of primary sulfonamides is 1. The maximum absolute atomic E-state index is 11.7. The molecule has 0 unspecified atom stereocenters. The molecule has 1 aliphatic carbocycles. The van der Waals surface area contributed by atoms with E-state index in [0.717, 1.165) is 35.1 Å². The van der Waals surface area contributed by atoms with E-state index in [-0.39, 0.29) is 10.9 Å². The van der Waals surface area contributed by atoms with Gasteiger partial charge in [-0.15, -0.1) is 0 Å². The van der Waals surface area contributed by atoms with Crippen LogP contribution in [-0.2, 0) is 26.5 Å². The lowest BCUT2D eigenvalue weighted by Crippen LogP contribution is -2.25. The van der Waals surface area contributed by atoms with Gasteiger partial charge in [-0.05, 0) is 61.2 Å². The Kier molecular flexibility index (Phi) is 6.10. The summed E-state index contributed by atoms with van der Waals surface area (Å²) in [5.41, 5.74) is 4.02. The average molecular weight is 489 g/mol. The average Bonchev–Trinajstić information content (AvgIpc) is 3.10. The first-order chi connectivity index (χ1) is 15.5. The van der Waals surface area contributed by atoms with E-state index in [2.05, 4.69) is 25.3 Å². The van der Waals surface area contributed by atoms with Crippen molar-refractivity contribution in [2.24, 2.45) is 5.14 Å². The van der Waals surface area contributed by atoms with Crippen LogP contribution in [0.4, 0.5) is 23.1 Å². The van der Waals surface area contributed by atoms with Crippen LogP contribution in [0, 0.1) is 6.92 Å². The number of hydrogen-bond acceptors (Lipinski definition) is 8. The molecule has 2 aromatic carbocycles. The lowest BCUT2D eigenvalue weighted by Gasteiger charge is -2.15. The Balaban J connectivity index is 1.56. The molecule has 4 rings (SSSR count). The number of anilines is 4. The van der Waals surface area contributed by atoms with Gasteiger partial charge in [0.25, 0.3) is 0 Å². The maximum atomic E-state index is 11.7. The van der Waals surface area contributed by atoms with Crippen LogP contribution in [0.5, 0.6) is 0 Å². The molecule has 0 amide bonds. The molecule has 0 saturated heterocycles. The number of nitrogens with two attached hydrogens (primary N) is 1. The number of nitrogens with zero attached hydrogens (tertiary/aromatic N) is 2. The van der Waals surface area contributed by atoms with Gasteiger partial charge in [-0.25, -0.2) is 31.7 Å². The highest BCUT2D eigenvalue weighted by atomic mass is 32.2. The van der Waals surface area contributed by atoms with Crippen molar-refractivity contribution in [3.05, 3.63) is 65.4 Å². The molecule has 1 atom stereocenters. The SMILES string of the molecule is Cc1cnc(Nc2ccc3c(c2)[C@@H](NS(C)(=O)=O)CC3)nc1Nc1cccc(S(N)(=O)=O)c1. The minimum atomic E-state index is -3.83. The number of hydrogen-bond donors (Lipinski definition) is 4. The van der Waals surface area contributed by atoms with Gasteiger partial charge in [0.05, 0.1) is 11.2 Å². The molecular weight excluding hydrogens is 464 g/mol. The van der Waals surface area contributed by atoms with Crippen LogP contribution in [0.15, 0.2) is 53.6 Å². The van der Waals surface area contributed by atoms with E-state index >= 15 is 0 Å². The van der Waals surface area contributed by atoms with Crippen LogP contribution in [0.3, 0.4) is 0 Å². The first-order valence-electron chi connectivity index (χ1n) is 10.1. The Hall–Kier alpha value is -3.06. The first kappa shape index (κ1) is 23.1. The lowest BCUT2D eigenvalue weighted by molar-refractivity contribution is 0.560. The molecule has 1 aliphatic rings. The third-order valence-electron chi connectivity index (χ3n) is 5.23. The first-order valence-corrected chi connectivity index (χ1v) is 13.5.